The van der Waals surface area contributed by atoms with E-state index in [1.165, 1.54) is 17.3 Å². The topological polar surface area (TPSA) is 58.6 Å². The van der Waals surface area contributed by atoms with Crippen LogP contribution in [-0.2, 0) is 9.59 Å². The van der Waals surface area contributed by atoms with Gasteiger partial charge in [-0.05, 0) is 79.9 Å². The van der Waals surface area contributed by atoms with Crippen LogP contribution in [0.15, 0.2) is 71.6 Å². The number of rotatable bonds is 6. The highest BCUT2D eigenvalue weighted by Crippen LogP contribution is 2.36. The van der Waals surface area contributed by atoms with Crippen molar-refractivity contribution in [3.05, 3.63) is 93.9 Å². The SMILES string of the molecule is Cc1ccc(N2C(=O)/C(=C\c3ccc(OCC(=O)Nc4ccc(C)c(C)c4)cc3)SC2=S)cc1. The molecule has 5 nitrogen and oxygen atoms in total. The highest BCUT2D eigenvalue weighted by molar-refractivity contribution is 8.27. The number of nitrogens with one attached hydrogen (secondary N) is 1. The number of carbonyl (C=O) groups is 2. The summed E-state index contributed by atoms with van der Waals surface area (Å²) in [6, 6.07) is 20.7. The lowest BCUT2D eigenvalue weighted by Crippen LogP contribution is -2.27. The summed E-state index contributed by atoms with van der Waals surface area (Å²) >= 11 is 6.72. The van der Waals surface area contributed by atoms with E-state index in [0.29, 0.717) is 15.0 Å². The summed E-state index contributed by atoms with van der Waals surface area (Å²) in [5.41, 5.74) is 5.76. The van der Waals surface area contributed by atoms with Gasteiger partial charge in [0.05, 0.1) is 10.6 Å². The number of aryl methyl sites for hydroxylation is 3. The van der Waals surface area contributed by atoms with E-state index in [0.717, 1.165) is 28.1 Å². The summed E-state index contributed by atoms with van der Waals surface area (Å²) in [5, 5.41) is 2.84. The average Bonchev–Trinajstić information content (AvgIpc) is 3.09. The monoisotopic (exact) mass is 488 g/mol. The number of thiocarbonyl (C=S) groups is 1. The smallest absolute Gasteiger partial charge is 0.270 e. The number of hydrogen-bond acceptors (Lipinski definition) is 5. The third-order valence-corrected chi connectivity index (χ3v) is 6.73. The van der Waals surface area contributed by atoms with Gasteiger partial charge in [0.25, 0.3) is 11.8 Å². The van der Waals surface area contributed by atoms with Gasteiger partial charge in [0.15, 0.2) is 10.9 Å². The predicted octanol–water partition coefficient (Wildman–Crippen LogP) is 6.04. The molecule has 1 heterocycles. The quantitative estimate of drug-likeness (QED) is 0.339. The van der Waals surface area contributed by atoms with E-state index in [9.17, 15) is 9.59 Å². The molecule has 0 bridgehead atoms. The number of carbonyl (C=O) groups excluding carboxylic acids is 2. The fourth-order valence-electron chi connectivity index (χ4n) is 3.36. The summed E-state index contributed by atoms with van der Waals surface area (Å²) in [4.78, 5) is 27.2. The Balaban J connectivity index is 1.36. The van der Waals surface area contributed by atoms with Crippen molar-refractivity contribution >= 4 is 57.6 Å². The lowest BCUT2D eigenvalue weighted by atomic mass is 10.1. The molecule has 1 aliphatic heterocycles. The largest absolute Gasteiger partial charge is 0.484 e. The van der Waals surface area contributed by atoms with Gasteiger partial charge in [0.1, 0.15) is 5.75 Å². The van der Waals surface area contributed by atoms with E-state index >= 15 is 0 Å². The van der Waals surface area contributed by atoms with Gasteiger partial charge in [-0.2, -0.15) is 0 Å². The molecule has 3 aromatic carbocycles. The van der Waals surface area contributed by atoms with E-state index in [2.05, 4.69) is 5.32 Å². The van der Waals surface area contributed by atoms with E-state index in [4.69, 9.17) is 17.0 Å². The van der Waals surface area contributed by atoms with Gasteiger partial charge in [0.2, 0.25) is 0 Å². The third kappa shape index (κ3) is 5.55. The second-order valence-corrected chi connectivity index (χ2v) is 9.73. The van der Waals surface area contributed by atoms with Crippen molar-refractivity contribution in [3.63, 3.8) is 0 Å². The predicted molar refractivity (Wildman–Crippen MR) is 143 cm³/mol. The van der Waals surface area contributed by atoms with Crippen molar-refractivity contribution in [2.24, 2.45) is 0 Å². The summed E-state index contributed by atoms with van der Waals surface area (Å²) < 4.78 is 6.12. The van der Waals surface area contributed by atoms with Gasteiger partial charge in [-0.25, -0.2) is 0 Å². The zero-order valence-corrected chi connectivity index (χ0v) is 20.8. The Morgan fingerprint density at radius 1 is 1.00 bits per heavy atom. The summed E-state index contributed by atoms with van der Waals surface area (Å²) in [7, 11) is 0. The van der Waals surface area contributed by atoms with Crippen molar-refractivity contribution in [2.45, 2.75) is 20.8 Å². The van der Waals surface area contributed by atoms with E-state index in [-0.39, 0.29) is 18.4 Å². The van der Waals surface area contributed by atoms with Gasteiger partial charge in [-0.3, -0.25) is 14.5 Å². The van der Waals surface area contributed by atoms with Crippen LogP contribution in [0.2, 0.25) is 0 Å². The lowest BCUT2D eigenvalue weighted by molar-refractivity contribution is -0.118. The maximum atomic E-state index is 12.9. The fourth-order valence-corrected chi connectivity index (χ4v) is 4.66. The molecule has 0 spiro atoms. The number of amides is 2. The average molecular weight is 489 g/mol. The first-order chi connectivity index (χ1) is 16.3. The van der Waals surface area contributed by atoms with E-state index in [1.54, 1.807) is 17.0 Å². The van der Waals surface area contributed by atoms with Crippen LogP contribution in [0, 0.1) is 20.8 Å². The molecule has 34 heavy (non-hydrogen) atoms. The van der Waals surface area contributed by atoms with Gasteiger partial charge in [0, 0.05) is 5.69 Å². The first-order valence-corrected chi connectivity index (χ1v) is 12.0. The molecule has 0 radical (unpaired) electrons. The van der Waals surface area contributed by atoms with Gasteiger partial charge < -0.3 is 10.1 Å². The Hall–Kier alpha value is -3.42. The molecular formula is C27H24N2O3S2. The first kappa shape index (κ1) is 23.7. The molecule has 3 aromatic rings. The van der Waals surface area contributed by atoms with Gasteiger partial charge in [-0.1, -0.05) is 59.9 Å². The van der Waals surface area contributed by atoms with Gasteiger partial charge >= 0.3 is 0 Å². The lowest BCUT2D eigenvalue weighted by Gasteiger charge is -2.14. The second-order valence-electron chi connectivity index (χ2n) is 8.06. The van der Waals surface area contributed by atoms with Crippen LogP contribution in [0.25, 0.3) is 6.08 Å². The van der Waals surface area contributed by atoms with Crippen molar-refractivity contribution < 1.29 is 14.3 Å². The Morgan fingerprint density at radius 2 is 1.71 bits per heavy atom. The van der Waals surface area contributed by atoms with Crippen LogP contribution in [0.3, 0.4) is 0 Å². The Bertz CT molecular complexity index is 1280. The number of anilines is 2. The molecule has 1 fully saturated rings. The molecular weight excluding hydrogens is 464 g/mol. The number of hydrogen-bond donors (Lipinski definition) is 1. The molecule has 7 heteroatoms. The first-order valence-electron chi connectivity index (χ1n) is 10.7. The molecule has 0 aliphatic carbocycles. The third-order valence-electron chi connectivity index (χ3n) is 5.42. The Morgan fingerprint density at radius 3 is 2.38 bits per heavy atom. The van der Waals surface area contributed by atoms with Crippen LogP contribution < -0.4 is 15.0 Å². The molecule has 0 atom stereocenters. The maximum Gasteiger partial charge on any atom is 0.270 e. The summed E-state index contributed by atoms with van der Waals surface area (Å²) in [6.45, 7) is 5.93. The molecule has 0 saturated carbocycles. The standard InChI is InChI=1S/C27H24N2O3S2/c1-17-4-10-22(11-5-17)29-26(31)24(34-27(29)33)15-20-7-12-23(13-8-20)32-16-25(30)28-21-9-6-18(2)19(3)14-21/h4-15H,16H2,1-3H3,(H,28,30)/b24-15+. The van der Waals surface area contributed by atoms with Crippen LogP contribution in [0.4, 0.5) is 11.4 Å². The Kier molecular flexibility index (Phi) is 7.14. The van der Waals surface area contributed by atoms with Crippen LogP contribution in [0.1, 0.15) is 22.3 Å². The summed E-state index contributed by atoms with van der Waals surface area (Å²) in [5.74, 6) is 0.203. The number of nitrogens with zero attached hydrogens (tertiary/aromatic N) is 1. The van der Waals surface area contributed by atoms with Crippen molar-refractivity contribution in [1.29, 1.82) is 0 Å². The highest BCUT2D eigenvalue weighted by atomic mass is 32.2. The number of ether oxygens (including phenoxy) is 1. The second kappa shape index (κ2) is 10.2. The number of benzene rings is 3. The molecule has 1 saturated heterocycles. The van der Waals surface area contributed by atoms with E-state index < -0.39 is 0 Å². The normalized spacial score (nSPS) is 14.6. The van der Waals surface area contributed by atoms with Crippen LogP contribution in [0.5, 0.6) is 5.75 Å². The molecule has 1 N–H and O–H groups in total. The molecule has 172 valence electrons. The zero-order valence-electron chi connectivity index (χ0n) is 19.1. The minimum Gasteiger partial charge on any atom is -0.484 e. The number of thioether (sulfide) groups is 1. The van der Waals surface area contributed by atoms with Crippen molar-refractivity contribution in [2.75, 3.05) is 16.8 Å². The van der Waals surface area contributed by atoms with Crippen LogP contribution in [-0.4, -0.2) is 22.7 Å². The van der Waals surface area contributed by atoms with E-state index in [1.807, 2.05) is 81.4 Å². The van der Waals surface area contributed by atoms with Crippen molar-refractivity contribution in [3.8, 4) is 5.75 Å². The van der Waals surface area contributed by atoms with Gasteiger partial charge in [-0.15, -0.1) is 0 Å². The molecule has 0 unspecified atom stereocenters. The summed E-state index contributed by atoms with van der Waals surface area (Å²) in [6.07, 6.45) is 1.81. The highest BCUT2D eigenvalue weighted by Gasteiger charge is 2.33. The van der Waals surface area contributed by atoms with Crippen LogP contribution >= 0.6 is 24.0 Å². The zero-order chi connectivity index (χ0) is 24.2. The molecule has 4 rings (SSSR count). The Labute approximate surface area is 208 Å². The molecule has 2 amide bonds. The minimum atomic E-state index is -0.230. The van der Waals surface area contributed by atoms with Crippen molar-refractivity contribution in [1.82, 2.24) is 0 Å². The fraction of sp³-hybridized carbons (Fsp3) is 0.148. The maximum absolute atomic E-state index is 12.9. The minimum absolute atomic E-state index is 0.0958. The molecule has 0 aromatic heterocycles. The molecule has 1 aliphatic rings.